The Labute approximate surface area is 131 Å². The maximum Gasteiger partial charge on any atom is 0.416 e. The number of carbonyl (C=O) groups excluding carboxylic acids is 1. The van der Waals surface area contributed by atoms with E-state index < -0.39 is 39.0 Å². The third kappa shape index (κ3) is 3.07. The van der Waals surface area contributed by atoms with Crippen molar-refractivity contribution >= 4 is 15.9 Å². The van der Waals surface area contributed by atoms with Crippen LogP contribution >= 0.6 is 0 Å². The fraction of sp³-hybridized carbons (Fsp3) is 0.500. The molecule has 1 atom stereocenters. The highest BCUT2D eigenvalue weighted by Crippen LogP contribution is 2.37. The van der Waals surface area contributed by atoms with Gasteiger partial charge >= 0.3 is 6.18 Å². The molecule has 1 aliphatic heterocycles. The molecule has 0 spiro atoms. The number of hydrogen-bond acceptors (Lipinski definition) is 3. The molecule has 1 amide bonds. The first-order valence-electron chi connectivity index (χ1n) is 7.17. The van der Waals surface area contributed by atoms with E-state index in [1.54, 1.807) is 0 Å². The van der Waals surface area contributed by atoms with E-state index in [4.69, 9.17) is 0 Å². The molecule has 0 radical (unpaired) electrons. The molecular formula is C14H15F3N2O3S. The highest BCUT2D eigenvalue weighted by molar-refractivity contribution is 7.90. The van der Waals surface area contributed by atoms with E-state index in [2.05, 4.69) is 5.32 Å². The fourth-order valence-electron chi connectivity index (χ4n) is 2.65. The van der Waals surface area contributed by atoms with Crippen molar-refractivity contribution in [3.8, 4) is 0 Å². The minimum absolute atomic E-state index is 0.121. The zero-order valence-electron chi connectivity index (χ0n) is 12.0. The number of amides is 1. The van der Waals surface area contributed by atoms with Gasteiger partial charge in [-0.05, 0) is 30.5 Å². The zero-order valence-corrected chi connectivity index (χ0v) is 12.8. The van der Waals surface area contributed by atoms with Gasteiger partial charge in [0.1, 0.15) is 6.04 Å². The van der Waals surface area contributed by atoms with E-state index in [0.29, 0.717) is 12.8 Å². The molecule has 1 aromatic carbocycles. The predicted octanol–water partition coefficient (Wildman–Crippen LogP) is 1.67. The van der Waals surface area contributed by atoms with Crippen LogP contribution in [0.3, 0.4) is 0 Å². The van der Waals surface area contributed by atoms with E-state index in [1.807, 2.05) is 0 Å². The second-order valence-electron chi connectivity index (χ2n) is 5.67. The number of benzene rings is 1. The van der Waals surface area contributed by atoms with Crippen LogP contribution < -0.4 is 5.32 Å². The first kappa shape index (κ1) is 16.3. The highest BCUT2D eigenvalue weighted by atomic mass is 32.2. The Morgan fingerprint density at radius 3 is 2.26 bits per heavy atom. The second-order valence-corrected chi connectivity index (χ2v) is 7.83. The van der Waals surface area contributed by atoms with Crippen LogP contribution in [0, 0.1) is 0 Å². The number of sulfonamides is 1. The molecular weight excluding hydrogens is 333 g/mol. The minimum atomic E-state index is -4.48. The summed E-state index contributed by atoms with van der Waals surface area (Å²) in [5, 5.41) is 2.09. The quantitative estimate of drug-likeness (QED) is 0.904. The van der Waals surface area contributed by atoms with Crippen LogP contribution in [0.2, 0.25) is 0 Å². The molecule has 1 saturated carbocycles. The Morgan fingerprint density at radius 2 is 1.74 bits per heavy atom. The van der Waals surface area contributed by atoms with Gasteiger partial charge in [-0.3, -0.25) is 4.79 Å². The largest absolute Gasteiger partial charge is 0.416 e. The maximum absolute atomic E-state index is 12.6. The van der Waals surface area contributed by atoms with Crippen molar-refractivity contribution in [1.82, 2.24) is 9.62 Å². The number of hydrogen-bond donors (Lipinski definition) is 1. The molecule has 23 heavy (non-hydrogen) atoms. The van der Waals surface area contributed by atoms with Crippen molar-refractivity contribution in [1.29, 1.82) is 0 Å². The van der Waals surface area contributed by atoms with Gasteiger partial charge in [-0.1, -0.05) is 12.1 Å². The Hall–Kier alpha value is -1.61. The van der Waals surface area contributed by atoms with Crippen molar-refractivity contribution in [2.75, 3.05) is 13.1 Å². The summed E-state index contributed by atoms with van der Waals surface area (Å²) in [5.74, 6) is -0.514. The normalized spacial score (nSPS) is 23.6. The summed E-state index contributed by atoms with van der Waals surface area (Å²) < 4.78 is 64.0. The standard InChI is InChI=1S/C14H15F3N2O3S/c15-14(16,17)10-3-1-9(2-4-10)12-13(20)18-7-8-19(12)23(21,22)11-5-6-11/h1-4,11-12H,5-8H2,(H,18,20)/t12-/m1/s1. The number of nitrogens with zero attached hydrogens (tertiary/aromatic N) is 1. The number of halogens is 3. The smallest absolute Gasteiger partial charge is 0.353 e. The molecule has 1 N–H and O–H groups in total. The van der Waals surface area contributed by atoms with Gasteiger partial charge in [-0.25, -0.2) is 8.42 Å². The molecule has 1 saturated heterocycles. The van der Waals surface area contributed by atoms with Gasteiger partial charge in [-0.15, -0.1) is 0 Å². The fourth-order valence-corrected chi connectivity index (χ4v) is 4.62. The van der Waals surface area contributed by atoms with Crippen LogP contribution in [-0.4, -0.2) is 37.0 Å². The van der Waals surface area contributed by atoms with Gasteiger partial charge in [0.2, 0.25) is 15.9 Å². The summed E-state index contributed by atoms with van der Waals surface area (Å²) in [6.07, 6.45) is -3.37. The van der Waals surface area contributed by atoms with E-state index in [1.165, 1.54) is 0 Å². The predicted molar refractivity (Wildman–Crippen MR) is 75.8 cm³/mol. The van der Waals surface area contributed by atoms with Crippen molar-refractivity contribution < 1.29 is 26.4 Å². The van der Waals surface area contributed by atoms with Gasteiger partial charge in [-0.2, -0.15) is 17.5 Å². The summed E-state index contributed by atoms with van der Waals surface area (Å²) in [4.78, 5) is 12.1. The molecule has 0 unspecified atom stereocenters. The molecule has 1 heterocycles. The zero-order chi connectivity index (χ0) is 16.8. The van der Waals surface area contributed by atoms with Gasteiger partial charge in [0.25, 0.3) is 0 Å². The van der Waals surface area contributed by atoms with Crippen LogP contribution in [-0.2, 0) is 21.0 Å². The lowest BCUT2D eigenvalue weighted by atomic mass is 10.0. The lowest BCUT2D eigenvalue weighted by Crippen LogP contribution is -2.52. The lowest BCUT2D eigenvalue weighted by molar-refractivity contribution is -0.137. The van der Waals surface area contributed by atoms with Crippen molar-refractivity contribution in [3.63, 3.8) is 0 Å². The SMILES string of the molecule is O=C1NCCN(S(=O)(=O)C2CC2)[C@@H]1c1ccc(C(F)(F)F)cc1. The van der Waals surface area contributed by atoms with Gasteiger partial charge < -0.3 is 5.32 Å². The minimum Gasteiger partial charge on any atom is -0.353 e. The summed E-state index contributed by atoms with van der Waals surface area (Å²) in [7, 11) is -3.61. The average molecular weight is 348 g/mol. The summed E-state index contributed by atoms with van der Waals surface area (Å²) in [6.45, 7) is 0.318. The van der Waals surface area contributed by atoms with Crippen LogP contribution in [0.15, 0.2) is 24.3 Å². The van der Waals surface area contributed by atoms with E-state index in [-0.39, 0.29) is 18.7 Å². The Kier molecular flexibility index (Phi) is 3.88. The highest BCUT2D eigenvalue weighted by Gasteiger charge is 2.46. The van der Waals surface area contributed by atoms with E-state index in [9.17, 15) is 26.4 Å². The Bertz CT molecular complexity index is 712. The molecule has 2 aliphatic rings. The molecule has 0 bridgehead atoms. The van der Waals surface area contributed by atoms with Gasteiger partial charge in [0, 0.05) is 13.1 Å². The summed E-state index contributed by atoms with van der Waals surface area (Å²) >= 11 is 0. The first-order chi connectivity index (χ1) is 10.7. The Balaban J connectivity index is 1.95. The Morgan fingerprint density at radius 1 is 1.13 bits per heavy atom. The number of carbonyl (C=O) groups is 1. The topological polar surface area (TPSA) is 66.5 Å². The molecule has 3 rings (SSSR count). The van der Waals surface area contributed by atoms with E-state index >= 15 is 0 Å². The molecule has 9 heteroatoms. The van der Waals surface area contributed by atoms with Crippen molar-refractivity contribution in [2.45, 2.75) is 30.3 Å². The lowest BCUT2D eigenvalue weighted by Gasteiger charge is -2.34. The molecule has 0 aromatic heterocycles. The molecule has 1 aromatic rings. The number of rotatable bonds is 3. The molecule has 1 aliphatic carbocycles. The second kappa shape index (κ2) is 5.48. The van der Waals surface area contributed by atoms with Crippen LogP contribution in [0.1, 0.15) is 30.0 Å². The summed E-state index contributed by atoms with van der Waals surface area (Å²) in [6, 6.07) is 2.93. The first-order valence-corrected chi connectivity index (χ1v) is 8.67. The molecule has 126 valence electrons. The number of piperazine rings is 1. The van der Waals surface area contributed by atoms with Gasteiger partial charge in [0.15, 0.2) is 0 Å². The average Bonchev–Trinajstić information content (AvgIpc) is 3.31. The summed E-state index contributed by atoms with van der Waals surface area (Å²) in [5.41, 5.74) is -0.603. The van der Waals surface area contributed by atoms with Crippen molar-refractivity contribution in [2.24, 2.45) is 0 Å². The third-order valence-electron chi connectivity index (χ3n) is 3.99. The number of alkyl halides is 3. The maximum atomic E-state index is 12.6. The van der Waals surface area contributed by atoms with E-state index in [0.717, 1.165) is 28.6 Å². The third-order valence-corrected chi connectivity index (χ3v) is 6.35. The molecule has 2 fully saturated rings. The van der Waals surface area contributed by atoms with Gasteiger partial charge in [0.05, 0.1) is 10.8 Å². The van der Waals surface area contributed by atoms with Crippen LogP contribution in [0.5, 0.6) is 0 Å². The molecule has 5 nitrogen and oxygen atoms in total. The monoisotopic (exact) mass is 348 g/mol. The van der Waals surface area contributed by atoms with Crippen LogP contribution in [0.25, 0.3) is 0 Å². The van der Waals surface area contributed by atoms with Crippen molar-refractivity contribution in [3.05, 3.63) is 35.4 Å². The number of nitrogens with one attached hydrogen (secondary N) is 1. The van der Waals surface area contributed by atoms with Crippen LogP contribution in [0.4, 0.5) is 13.2 Å².